The zero-order chi connectivity index (χ0) is 15.4. The summed E-state index contributed by atoms with van der Waals surface area (Å²) in [4.78, 5) is 12.0. The van der Waals surface area contributed by atoms with Crippen LogP contribution in [0.4, 0.5) is 0 Å². The van der Waals surface area contributed by atoms with Gasteiger partial charge in [0.25, 0.3) is 0 Å². The van der Waals surface area contributed by atoms with Crippen LogP contribution in [0.25, 0.3) is 11.0 Å². The molecule has 0 fully saturated rings. The van der Waals surface area contributed by atoms with E-state index in [4.69, 9.17) is 4.42 Å². The standard InChI is InChI=1S/C17H23NO3/c1-11-4-5-15-14(10-21-16(15)7-11)8-17(20)18-9-12(2)6-13(3)19/h4-5,7,10,12-13,19H,6,8-9H2,1-3H3,(H,18,20). The van der Waals surface area contributed by atoms with Crippen LogP contribution >= 0.6 is 0 Å². The molecule has 4 nitrogen and oxygen atoms in total. The molecule has 0 aliphatic carbocycles. The third-order valence-electron chi connectivity index (χ3n) is 3.55. The molecule has 1 aromatic carbocycles. The molecule has 0 aliphatic heterocycles. The lowest BCUT2D eigenvalue weighted by Crippen LogP contribution is -2.30. The van der Waals surface area contributed by atoms with Gasteiger partial charge in [-0.15, -0.1) is 0 Å². The Morgan fingerprint density at radius 3 is 2.86 bits per heavy atom. The number of fused-ring (bicyclic) bond motifs is 1. The average molecular weight is 289 g/mol. The van der Waals surface area contributed by atoms with Crippen LogP contribution in [0.3, 0.4) is 0 Å². The predicted molar refractivity (Wildman–Crippen MR) is 83.1 cm³/mol. The van der Waals surface area contributed by atoms with Crippen LogP contribution in [-0.4, -0.2) is 23.7 Å². The first-order valence-corrected chi connectivity index (χ1v) is 7.37. The molecule has 1 aromatic heterocycles. The van der Waals surface area contributed by atoms with Crippen molar-refractivity contribution in [2.75, 3.05) is 6.54 Å². The molecular formula is C17H23NO3. The van der Waals surface area contributed by atoms with Gasteiger partial charge in [-0.1, -0.05) is 19.1 Å². The lowest BCUT2D eigenvalue weighted by atomic mass is 10.0. The van der Waals surface area contributed by atoms with E-state index in [1.54, 1.807) is 13.2 Å². The lowest BCUT2D eigenvalue weighted by Gasteiger charge is -2.14. The number of aryl methyl sites for hydroxylation is 1. The molecule has 2 atom stereocenters. The molecule has 0 saturated carbocycles. The topological polar surface area (TPSA) is 62.5 Å². The van der Waals surface area contributed by atoms with E-state index >= 15 is 0 Å². The number of hydrogen-bond acceptors (Lipinski definition) is 3. The van der Waals surface area contributed by atoms with Crippen LogP contribution in [0.15, 0.2) is 28.9 Å². The number of aliphatic hydroxyl groups is 1. The normalized spacial score (nSPS) is 14.1. The van der Waals surface area contributed by atoms with E-state index < -0.39 is 0 Å². The fourth-order valence-corrected chi connectivity index (χ4v) is 2.52. The Bertz CT molecular complexity index is 616. The Hall–Kier alpha value is -1.81. The highest BCUT2D eigenvalue weighted by molar-refractivity contribution is 5.87. The minimum absolute atomic E-state index is 0.0179. The van der Waals surface area contributed by atoms with E-state index in [0.29, 0.717) is 19.4 Å². The first-order chi connectivity index (χ1) is 9.95. The molecule has 2 rings (SSSR count). The highest BCUT2D eigenvalue weighted by Gasteiger charge is 2.12. The molecule has 4 heteroatoms. The summed E-state index contributed by atoms with van der Waals surface area (Å²) in [7, 11) is 0. The van der Waals surface area contributed by atoms with E-state index in [1.165, 1.54) is 0 Å². The van der Waals surface area contributed by atoms with Gasteiger partial charge in [0, 0.05) is 17.5 Å². The van der Waals surface area contributed by atoms with Gasteiger partial charge in [-0.05, 0) is 37.8 Å². The van der Waals surface area contributed by atoms with Crippen molar-refractivity contribution < 1.29 is 14.3 Å². The number of hydrogen-bond donors (Lipinski definition) is 2. The van der Waals surface area contributed by atoms with Crippen molar-refractivity contribution in [1.82, 2.24) is 5.32 Å². The van der Waals surface area contributed by atoms with E-state index in [0.717, 1.165) is 22.1 Å². The van der Waals surface area contributed by atoms with Crippen molar-refractivity contribution in [3.05, 3.63) is 35.6 Å². The molecule has 2 N–H and O–H groups in total. The van der Waals surface area contributed by atoms with E-state index in [-0.39, 0.29) is 17.9 Å². The molecule has 1 heterocycles. The van der Waals surface area contributed by atoms with Crippen molar-refractivity contribution >= 4 is 16.9 Å². The van der Waals surface area contributed by atoms with Crippen molar-refractivity contribution in [1.29, 1.82) is 0 Å². The summed E-state index contributed by atoms with van der Waals surface area (Å²) in [5.74, 6) is 0.244. The van der Waals surface area contributed by atoms with Crippen LogP contribution in [0, 0.1) is 12.8 Å². The number of carbonyl (C=O) groups is 1. The molecule has 0 aliphatic rings. The molecule has 0 radical (unpaired) electrons. The summed E-state index contributed by atoms with van der Waals surface area (Å²) in [5, 5.41) is 13.2. The van der Waals surface area contributed by atoms with Crippen LogP contribution < -0.4 is 5.32 Å². The lowest BCUT2D eigenvalue weighted by molar-refractivity contribution is -0.120. The van der Waals surface area contributed by atoms with Gasteiger partial charge in [0.05, 0.1) is 18.8 Å². The Balaban J connectivity index is 1.92. The summed E-state index contributed by atoms with van der Waals surface area (Å²) >= 11 is 0. The SMILES string of the molecule is Cc1ccc2c(CC(=O)NCC(C)CC(C)O)coc2c1. The van der Waals surface area contributed by atoms with Crippen molar-refractivity contribution in [2.24, 2.45) is 5.92 Å². The zero-order valence-electron chi connectivity index (χ0n) is 12.8. The Morgan fingerprint density at radius 2 is 2.14 bits per heavy atom. The molecule has 0 saturated heterocycles. The van der Waals surface area contributed by atoms with Gasteiger partial charge in [0.15, 0.2) is 0 Å². The number of rotatable bonds is 6. The van der Waals surface area contributed by atoms with Crippen molar-refractivity contribution in [2.45, 2.75) is 39.7 Å². The maximum atomic E-state index is 12.0. The molecule has 0 bridgehead atoms. The van der Waals surface area contributed by atoms with Crippen LogP contribution in [0.1, 0.15) is 31.4 Å². The number of benzene rings is 1. The number of furan rings is 1. The second-order valence-corrected chi connectivity index (χ2v) is 5.93. The van der Waals surface area contributed by atoms with E-state index in [9.17, 15) is 9.90 Å². The third-order valence-corrected chi connectivity index (χ3v) is 3.55. The minimum atomic E-state index is -0.335. The van der Waals surface area contributed by atoms with Crippen molar-refractivity contribution in [3.63, 3.8) is 0 Å². The van der Waals surface area contributed by atoms with E-state index in [1.807, 2.05) is 32.0 Å². The van der Waals surface area contributed by atoms with Gasteiger partial charge >= 0.3 is 0 Å². The maximum absolute atomic E-state index is 12.0. The first-order valence-electron chi connectivity index (χ1n) is 7.37. The summed E-state index contributed by atoms with van der Waals surface area (Å²) in [5.41, 5.74) is 2.87. The van der Waals surface area contributed by atoms with Gasteiger partial charge < -0.3 is 14.8 Å². The van der Waals surface area contributed by atoms with Gasteiger partial charge in [-0.25, -0.2) is 0 Å². The van der Waals surface area contributed by atoms with Crippen LogP contribution in [0.2, 0.25) is 0 Å². The Kier molecular flexibility index (Phi) is 5.02. The summed E-state index contributed by atoms with van der Waals surface area (Å²) in [6, 6.07) is 5.98. The van der Waals surface area contributed by atoms with Crippen LogP contribution in [-0.2, 0) is 11.2 Å². The number of nitrogens with one attached hydrogen (secondary N) is 1. The summed E-state index contributed by atoms with van der Waals surface area (Å²) in [6.07, 6.45) is 2.33. The number of carbonyl (C=O) groups excluding carboxylic acids is 1. The highest BCUT2D eigenvalue weighted by atomic mass is 16.3. The summed E-state index contributed by atoms with van der Waals surface area (Å²) in [6.45, 7) is 6.37. The Labute approximate surface area is 125 Å². The van der Waals surface area contributed by atoms with Crippen molar-refractivity contribution in [3.8, 4) is 0 Å². The number of aliphatic hydroxyl groups excluding tert-OH is 1. The molecule has 0 spiro atoms. The molecule has 21 heavy (non-hydrogen) atoms. The molecule has 2 unspecified atom stereocenters. The van der Waals surface area contributed by atoms with Gasteiger partial charge in [0.1, 0.15) is 5.58 Å². The molecular weight excluding hydrogens is 266 g/mol. The molecule has 114 valence electrons. The Morgan fingerprint density at radius 1 is 1.38 bits per heavy atom. The largest absolute Gasteiger partial charge is 0.464 e. The van der Waals surface area contributed by atoms with Gasteiger partial charge in [0.2, 0.25) is 5.91 Å². The average Bonchev–Trinajstić information content (AvgIpc) is 2.78. The quantitative estimate of drug-likeness (QED) is 0.859. The van der Waals surface area contributed by atoms with Gasteiger partial charge in [-0.2, -0.15) is 0 Å². The third kappa shape index (κ3) is 4.33. The number of amides is 1. The molecule has 2 aromatic rings. The smallest absolute Gasteiger partial charge is 0.224 e. The zero-order valence-corrected chi connectivity index (χ0v) is 12.8. The highest BCUT2D eigenvalue weighted by Crippen LogP contribution is 2.22. The maximum Gasteiger partial charge on any atom is 0.224 e. The second kappa shape index (κ2) is 6.76. The van der Waals surface area contributed by atoms with Gasteiger partial charge in [-0.3, -0.25) is 4.79 Å². The summed E-state index contributed by atoms with van der Waals surface area (Å²) < 4.78 is 5.50. The minimum Gasteiger partial charge on any atom is -0.464 e. The van der Waals surface area contributed by atoms with Crippen LogP contribution in [0.5, 0.6) is 0 Å². The fourth-order valence-electron chi connectivity index (χ4n) is 2.52. The monoisotopic (exact) mass is 289 g/mol. The molecule has 1 amide bonds. The van der Waals surface area contributed by atoms with E-state index in [2.05, 4.69) is 5.32 Å². The first kappa shape index (κ1) is 15.6. The fraction of sp³-hybridized carbons (Fsp3) is 0.471. The second-order valence-electron chi connectivity index (χ2n) is 5.93. The predicted octanol–water partition coefficient (Wildman–Crippen LogP) is 2.81.